The van der Waals surface area contributed by atoms with Crippen LogP contribution in [0, 0.1) is 10.1 Å². The average Bonchev–Trinajstić information content (AvgIpc) is 2.49. The lowest BCUT2D eigenvalue weighted by molar-refractivity contribution is -0.386. The van der Waals surface area contributed by atoms with E-state index in [1.165, 1.54) is 6.42 Å². The molecular weight excluding hydrogens is 254 g/mol. The Bertz CT molecular complexity index is 464. The van der Waals surface area contributed by atoms with E-state index in [0.29, 0.717) is 12.6 Å². The van der Waals surface area contributed by atoms with Gasteiger partial charge in [-0.1, -0.05) is 31.5 Å². The smallest absolute Gasteiger partial charge is 0.274 e. The van der Waals surface area contributed by atoms with Gasteiger partial charge in [-0.15, -0.1) is 0 Å². The third-order valence-corrected chi connectivity index (χ3v) is 4.26. The van der Waals surface area contributed by atoms with Crippen LogP contribution < -0.4 is 5.73 Å². The fourth-order valence-electron chi connectivity index (χ4n) is 3.25. The zero-order valence-corrected chi connectivity index (χ0v) is 12.0. The van der Waals surface area contributed by atoms with Crippen molar-refractivity contribution in [1.29, 1.82) is 0 Å². The zero-order valence-electron chi connectivity index (χ0n) is 12.0. The highest BCUT2D eigenvalue weighted by Gasteiger charge is 2.31. The lowest BCUT2D eigenvalue weighted by atomic mass is 9.94. The van der Waals surface area contributed by atoms with Gasteiger partial charge in [0.15, 0.2) is 0 Å². The molecule has 2 rings (SSSR count). The standard InChI is InChI=1S/C15H23N3O2/c1-2-12-7-5-6-10-17(12)15(11-16)13-8-3-4-9-14(13)18(19)20/h3-4,8-9,12,15H,2,5-7,10-11,16H2,1H3. The molecule has 0 aliphatic carbocycles. The van der Waals surface area contributed by atoms with Crippen LogP contribution in [0.5, 0.6) is 0 Å². The predicted octanol–water partition coefficient (Wildman–Crippen LogP) is 2.86. The Hall–Kier alpha value is -1.46. The monoisotopic (exact) mass is 277 g/mol. The molecule has 1 saturated heterocycles. The number of nitrogens with zero attached hydrogens (tertiary/aromatic N) is 2. The first kappa shape index (κ1) is 14.9. The molecule has 5 nitrogen and oxygen atoms in total. The van der Waals surface area contributed by atoms with E-state index in [9.17, 15) is 10.1 Å². The molecule has 2 unspecified atom stereocenters. The maximum absolute atomic E-state index is 11.2. The SMILES string of the molecule is CCC1CCCCN1C(CN)c1ccccc1[N+](=O)[O-]. The molecule has 0 spiro atoms. The summed E-state index contributed by atoms with van der Waals surface area (Å²) in [5.74, 6) is 0. The van der Waals surface area contributed by atoms with Gasteiger partial charge < -0.3 is 5.73 Å². The van der Waals surface area contributed by atoms with Crippen molar-refractivity contribution in [2.24, 2.45) is 5.73 Å². The Morgan fingerprint density at radius 2 is 2.20 bits per heavy atom. The maximum Gasteiger partial charge on any atom is 0.274 e. The van der Waals surface area contributed by atoms with Gasteiger partial charge in [0.2, 0.25) is 0 Å². The number of hydrogen-bond donors (Lipinski definition) is 1. The summed E-state index contributed by atoms with van der Waals surface area (Å²) in [6, 6.07) is 7.41. The number of likely N-dealkylation sites (tertiary alicyclic amines) is 1. The average molecular weight is 277 g/mol. The molecule has 1 aliphatic rings. The summed E-state index contributed by atoms with van der Waals surface area (Å²) < 4.78 is 0. The molecule has 1 aromatic carbocycles. The van der Waals surface area contributed by atoms with Gasteiger partial charge in [0.25, 0.3) is 5.69 Å². The second-order valence-corrected chi connectivity index (χ2v) is 5.36. The third kappa shape index (κ3) is 2.99. The van der Waals surface area contributed by atoms with Gasteiger partial charge in [0.1, 0.15) is 0 Å². The number of rotatable bonds is 5. The van der Waals surface area contributed by atoms with Gasteiger partial charge in [0.05, 0.1) is 11.0 Å². The van der Waals surface area contributed by atoms with E-state index in [1.54, 1.807) is 12.1 Å². The summed E-state index contributed by atoms with van der Waals surface area (Å²) in [5.41, 5.74) is 6.89. The van der Waals surface area contributed by atoms with Crippen LogP contribution in [-0.2, 0) is 0 Å². The normalized spacial score (nSPS) is 21.6. The first-order chi connectivity index (χ1) is 9.69. The predicted molar refractivity (Wildman–Crippen MR) is 79.5 cm³/mol. The van der Waals surface area contributed by atoms with Crippen LogP contribution in [0.25, 0.3) is 0 Å². The Morgan fingerprint density at radius 1 is 1.45 bits per heavy atom. The van der Waals surface area contributed by atoms with Crippen LogP contribution in [0.3, 0.4) is 0 Å². The lowest BCUT2D eigenvalue weighted by Crippen LogP contribution is -2.44. The summed E-state index contributed by atoms with van der Waals surface area (Å²) in [4.78, 5) is 13.3. The minimum Gasteiger partial charge on any atom is -0.329 e. The minimum atomic E-state index is -0.303. The van der Waals surface area contributed by atoms with E-state index in [1.807, 2.05) is 12.1 Å². The van der Waals surface area contributed by atoms with Crippen LogP contribution in [0.4, 0.5) is 5.69 Å². The molecular formula is C15H23N3O2. The first-order valence-corrected chi connectivity index (χ1v) is 7.38. The Balaban J connectivity index is 2.34. The van der Waals surface area contributed by atoms with Crippen LogP contribution in [0.1, 0.15) is 44.2 Å². The van der Waals surface area contributed by atoms with E-state index >= 15 is 0 Å². The minimum absolute atomic E-state index is 0.0538. The van der Waals surface area contributed by atoms with Gasteiger partial charge in [-0.25, -0.2) is 0 Å². The van der Waals surface area contributed by atoms with Crippen molar-refractivity contribution < 1.29 is 4.92 Å². The first-order valence-electron chi connectivity index (χ1n) is 7.38. The molecule has 2 atom stereocenters. The van der Waals surface area contributed by atoms with Gasteiger partial charge in [-0.2, -0.15) is 0 Å². The van der Waals surface area contributed by atoms with Crippen LogP contribution in [-0.4, -0.2) is 29.0 Å². The van der Waals surface area contributed by atoms with E-state index in [-0.39, 0.29) is 16.7 Å². The van der Waals surface area contributed by atoms with Crippen molar-refractivity contribution in [2.75, 3.05) is 13.1 Å². The molecule has 0 bridgehead atoms. The maximum atomic E-state index is 11.2. The Kier molecular flexibility index (Phi) is 5.09. The van der Waals surface area contributed by atoms with Gasteiger partial charge >= 0.3 is 0 Å². The summed E-state index contributed by atoms with van der Waals surface area (Å²) in [5, 5.41) is 11.2. The van der Waals surface area contributed by atoms with Gasteiger partial charge in [-0.05, 0) is 25.8 Å². The molecule has 0 saturated carbocycles. The molecule has 1 fully saturated rings. The van der Waals surface area contributed by atoms with E-state index in [4.69, 9.17) is 5.73 Å². The molecule has 0 aromatic heterocycles. The summed E-state index contributed by atoms with van der Waals surface area (Å²) in [6.45, 7) is 3.57. The number of nitrogens with two attached hydrogens (primary N) is 1. The van der Waals surface area contributed by atoms with Crippen LogP contribution in [0.2, 0.25) is 0 Å². The number of benzene rings is 1. The number of nitro groups is 1. The summed E-state index contributed by atoms with van der Waals surface area (Å²) in [7, 11) is 0. The largest absolute Gasteiger partial charge is 0.329 e. The fourth-order valence-corrected chi connectivity index (χ4v) is 3.25. The van der Waals surface area contributed by atoms with E-state index in [0.717, 1.165) is 31.4 Å². The van der Waals surface area contributed by atoms with Crippen LogP contribution in [0.15, 0.2) is 24.3 Å². The number of hydrogen-bond acceptors (Lipinski definition) is 4. The lowest BCUT2D eigenvalue weighted by Gasteiger charge is -2.40. The molecule has 110 valence electrons. The fraction of sp³-hybridized carbons (Fsp3) is 0.600. The topological polar surface area (TPSA) is 72.4 Å². The molecule has 2 N–H and O–H groups in total. The number of piperidine rings is 1. The van der Waals surface area contributed by atoms with Crippen molar-refractivity contribution in [3.05, 3.63) is 39.9 Å². The third-order valence-electron chi connectivity index (χ3n) is 4.26. The quantitative estimate of drug-likeness (QED) is 0.663. The molecule has 5 heteroatoms. The van der Waals surface area contributed by atoms with E-state index < -0.39 is 0 Å². The van der Waals surface area contributed by atoms with E-state index in [2.05, 4.69) is 11.8 Å². The molecule has 0 radical (unpaired) electrons. The molecule has 20 heavy (non-hydrogen) atoms. The molecule has 0 amide bonds. The number of nitro benzene ring substituents is 1. The van der Waals surface area contributed by atoms with Crippen LogP contribution >= 0.6 is 0 Å². The Morgan fingerprint density at radius 3 is 2.85 bits per heavy atom. The Labute approximate surface area is 119 Å². The van der Waals surface area contributed by atoms with Crippen molar-refractivity contribution in [3.8, 4) is 0 Å². The second kappa shape index (κ2) is 6.81. The summed E-state index contributed by atoms with van der Waals surface area (Å²) in [6.07, 6.45) is 4.61. The highest BCUT2D eigenvalue weighted by Crippen LogP contribution is 2.33. The molecule has 1 aromatic rings. The zero-order chi connectivity index (χ0) is 14.5. The number of para-hydroxylation sites is 1. The highest BCUT2D eigenvalue weighted by atomic mass is 16.6. The van der Waals surface area contributed by atoms with Crippen molar-refractivity contribution in [2.45, 2.75) is 44.7 Å². The second-order valence-electron chi connectivity index (χ2n) is 5.36. The van der Waals surface area contributed by atoms with Gasteiger partial charge in [0, 0.05) is 24.2 Å². The summed E-state index contributed by atoms with van der Waals surface area (Å²) >= 11 is 0. The molecule has 1 aliphatic heterocycles. The highest BCUT2D eigenvalue weighted by molar-refractivity contribution is 5.42. The van der Waals surface area contributed by atoms with Crippen molar-refractivity contribution in [3.63, 3.8) is 0 Å². The van der Waals surface area contributed by atoms with Crippen molar-refractivity contribution >= 4 is 5.69 Å². The van der Waals surface area contributed by atoms with Crippen molar-refractivity contribution in [1.82, 2.24) is 4.90 Å². The molecule has 1 heterocycles. The van der Waals surface area contributed by atoms with Gasteiger partial charge in [-0.3, -0.25) is 15.0 Å².